The van der Waals surface area contributed by atoms with Gasteiger partial charge >= 0.3 is 0 Å². The molecule has 1 aromatic heterocycles. The van der Waals surface area contributed by atoms with Crippen molar-refractivity contribution in [1.82, 2.24) is 15.2 Å². The number of thiazole rings is 1. The van der Waals surface area contributed by atoms with E-state index in [9.17, 15) is 14.7 Å². The molecular weight excluding hydrogens is 326 g/mol. The predicted octanol–water partition coefficient (Wildman–Crippen LogP) is 1.94. The number of carbonyl (C=O) groups excluding carboxylic acids is 2. The molecule has 0 spiro atoms. The van der Waals surface area contributed by atoms with Gasteiger partial charge in [0.25, 0.3) is 11.8 Å². The number of hydrogen-bond acceptors (Lipinski definition) is 5. The standard InChI is InChI=1S/C17H19N3O3S/c1-10-19-13-8-11(5-6-14(13)24-10)4-3-7-18-16(22)12-9-20(2)17(23)15(12)21/h5-6,8,21H,3-4,7,9H2,1-2H3,(H,18,22). The van der Waals surface area contributed by atoms with Gasteiger partial charge in [-0.1, -0.05) is 6.07 Å². The highest BCUT2D eigenvalue weighted by molar-refractivity contribution is 7.18. The lowest BCUT2D eigenvalue weighted by atomic mass is 10.1. The molecule has 0 aliphatic carbocycles. The molecule has 0 bridgehead atoms. The molecule has 2 N–H and O–H groups in total. The molecule has 0 unspecified atom stereocenters. The van der Waals surface area contributed by atoms with E-state index in [0.717, 1.165) is 23.4 Å². The first-order valence-electron chi connectivity index (χ1n) is 7.77. The van der Waals surface area contributed by atoms with Gasteiger partial charge in [0.1, 0.15) is 0 Å². The van der Waals surface area contributed by atoms with Crippen LogP contribution in [0.2, 0.25) is 0 Å². The summed E-state index contributed by atoms with van der Waals surface area (Å²) in [5, 5.41) is 13.5. The van der Waals surface area contributed by atoms with E-state index >= 15 is 0 Å². The molecule has 0 saturated heterocycles. The molecule has 126 valence electrons. The summed E-state index contributed by atoms with van der Waals surface area (Å²) < 4.78 is 1.18. The number of aliphatic hydroxyl groups excluding tert-OH is 1. The van der Waals surface area contributed by atoms with Crippen LogP contribution in [0.15, 0.2) is 29.5 Å². The van der Waals surface area contributed by atoms with Gasteiger partial charge in [-0.15, -0.1) is 11.3 Å². The maximum atomic E-state index is 12.0. The number of hydrogen-bond donors (Lipinski definition) is 2. The predicted molar refractivity (Wildman–Crippen MR) is 93.0 cm³/mol. The molecule has 1 aliphatic heterocycles. The molecule has 7 heteroatoms. The number of fused-ring (bicyclic) bond motifs is 1. The largest absolute Gasteiger partial charge is 0.503 e. The number of amides is 2. The summed E-state index contributed by atoms with van der Waals surface area (Å²) in [6, 6.07) is 6.25. The molecule has 3 rings (SSSR count). The Bertz CT molecular complexity index is 841. The molecule has 24 heavy (non-hydrogen) atoms. The molecule has 0 radical (unpaired) electrons. The Hall–Kier alpha value is -2.41. The monoisotopic (exact) mass is 345 g/mol. The minimum absolute atomic E-state index is 0.141. The second kappa shape index (κ2) is 6.60. The number of rotatable bonds is 5. The van der Waals surface area contributed by atoms with Crippen molar-refractivity contribution in [3.8, 4) is 0 Å². The lowest BCUT2D eigenvalue weighted by molar-refractivity contribution is -0.126. The number of nitrogens with zero attached hydrogens (tertiary/aromatic N) is 2. The van der Waals surface area contributed by atoms with Crippen molar-refractivity contribution in [3.05, 3.63) is 40.1 Å². The highest BCUT2D eigenvalue weighted by atomic mass is 32.1. The molecular formula is C17H19N3O3S. The topological polar surface area (TPSA) is 82.5 Å². The highest BCUT2D eigenvalue weighted by Gasteiger charge is 2.31. The van der Waals surface area contributed by atoms with Gasteiger partial charge in [-0.05, 0) is 37.5 Å². The minimum Gasteiger partial charge on any atom is -0.503 e. The van der Waals surface area contributed by atoms with E-state index in [2.05, 4.69) is 28.5 Å². The summed E-state index contributed by atoms with van der Waals surface area (Å²) in [6.45, 7) is 2.63. The minimum atomic E-state index is -0.507. The van der Waals surface area contributed by atoms with Gasteiger partial charge in [0.05, 0.1) is 27.3 Å². The van der Waals surface area contributed by atoms with Crippen LogP contribution < -0.4 is 5.32 Å². The van der Waals surface area contributed by atoms with Gasteiger partial charge in [-0.2, -0.15) is 0 Å². The van der Waals surface area contributed by atoms with Crippen molar-refractivity contribution in [2.24, 2.45) is 0 Å². The first-order valence-corrected chi connectivity index (χ1v) is 8.59. The fourth-order valence-corrected chi connectivity index (χ4v) is 3.53. The summed E-state index contributed by atoms with van der Waals surface area (Å²) >= 11 is 1.68. The maximum absolute atomic E-state index is 12.0. The second-order valence-electron chi connectivity index (χ2n) is 5.88. The van der Waals surface area contributed by atoms with Crippen LogP contribution in [-0.4, -0.2) is 46.9 Å². The molecule has 0 fully saturated rings. The summed E-state index contributed by atoms with van der Waals surface area (Å²) in [5.41, 5.74) is 2.34. The Morgan fingerprint density at radius 3 is 2.96 bits per heavy atom. The fraction of sp³-hybridized carbons (Fsp3) is 0.353. The van der Waals surface area contributed by atoms with E-state index in [1.165, 1.54) is 15.2 Å². The Balaban J connectivity index is 1.51. The smallest absolute Gasteiger partial charge is 0.289 e. The Morgan fingerprint density at radius 2 is 2.25 bits per heavy atom. The molecule has 0 saturated carbocycles. The zero-order valence-corrected chi connectivity index (χ0v) is 14.4. The van der Waals surface area contributed by atoms with Crippen molar-refractivity contribution < 1.29 is 14.7 Å². The van der Waals surface area contributed by atoms with Crippen LogP contribution in [0, 0.1) is 6.92 Å². The van der Waals surface area contributed by atoms with Crippen molar-refractivity contribution in [1.29, 1.82) is 0 Å². The number of aliphatic hydroxyl groups is 1. The molecule has 2 heterocycles. The van der Waals surface area contributed by atoms with E-state index in [-0.39, 0.29) is 18.0 Å². The number of benzene rings is 1. The van der Waals surface area contributed by atoms with Crippen molar-refractivity contribution in [2.45, 2.75) is 19.8 Å². The molecule has 0 atom stereocenters. The molecule has 1 aliphatic rings. The van der Waals surface area contributed by atoms with Gasteiger partial charge in [0.15, 0.2) is 5.76 Å². The van der Waals surface area contributed by atoms with Crippen LogP contribution in [-0.2, 0) is 16.0 Å². The average molecular weight is 345 g/mol. The summed E-state index contributed by atoms with van der Waals surface area (Å²) in [5.74, 6) is -1.33. The van der Waals surface area contributed by atoms with Gasteiger partial charge in [-0.25, -0.2) is 4.98 Å². The van der Waals surface area contributed by atoms with Crippen molar-refractivity contribution in [2.75, 3.05) is 20.1 Å². The third kappa shape index (κ3) is 3.26. The van der Waals surface area contributed by atoms with Crippen LogP contribution in [0.1, 0.15) is 17.0 Å². The maximum Gasteiger partial charge on any atom is 0.289 e. The summed E-state index contributed by atoms with van der Waals surface area (Å²) in [6.07, 6.45) is 1.61. The van der Waals surface area contributed by atoms with Crippen LogP contribution in [0.3, 0.4) is 0 Å². The van der Waals surface area contributed by atoms with Gasteiger partial charge in [-0.3, -0.25) is 9.59 Å². The zero-order valence-electron chi connectivity index (χ0n) is 13.6. The number of aryl methyl sites for hydroxylation is 2. The molecule has 2 aromatic rings. The molecule has 1 aromatic carbocycles. The molecule has 6 nitrogen and oxygen atoms in total. The highest BCUT2D eigenvalue weighted by Crippen LogP contribution is 2.22. The quantitative estimate of drug-likeness (QED) is 0.811. The number of carbonyl (C=O) groups is 2. The first-order chi connectivity index (χ1) is 11.5. The van der Waals surface area contributed by atoms with Gasteiger partial charge in [0.2, 0.25) is 0 Å². The average Bonchev–Trinajstić information content (AvgIpc) is 3.04. The normalized spacial score (nSPS) is 14.8. The fourth-order valence-electron chi connectivity index (χ4n) is 2.72. The number of aromatic nitrogens is 1. The number of likely N-dealkylation sites (N-methyl/N-ethyl adjacent to an activating group) is 1. The van der Waals surface area contributed by atoms with Crippen LogP contribution in [0.4, 0.5) is 0 Å². The lowest BCUT2D eigenvalue weighted by Gasteiger charge is -2.08. The Kier molecular flexibility index (Phi) is 4.53. The third-order valence-electron chi connectivity index (χ3n) is 3.99. The van der Waals surface area contributed by atoms with E-state index in [1.807, 2.05) is 6.92 Å². The van der Waals surface area contributed by atoms with Crippen molar-refractivity contribution in [3.63, 3.8) is 0 Å². The number of nitrogens with one attached hydrogen (secondary N) is 1. The lowest BCUT2D eigenvalue weighted by Crippen LogP contribution is -2.29. The van der Waals surface area contributed by atoms with Crippen LogP contribution in [0.25, 0.3) is 10.2 Å². The van der Waals surface area contributed by atoms with E-state index < -0.39 is 11.7 Å². The van der Waals surface area contributed by atoms with Crippen molar-refractivity contribution >= 4 is 33.4 Å². The van der Waals surface area contributed by atoms with E-state index in [0.29, 0.717) is 6.54 Å². The summed E-state index contributed by atoms with van der Waals surface area (Å²) in [4.78, 5) is 29.3. The van der Waals surface area contributed by atoms with Gasteiger partial charge < -0.3 is 15.3 Å². The SMILES string of the molecule is Cc1nc2cc(CCCNC(=O)C3=C(O)C(=O)N(C)C3)ccc2s1. The van der Waals surface area contributed by atoms with Crippen LogP contribution >= 0.6 is 11.3 Å². The third-order valence-corrected chi connectivity index (χ3v) is 4.94. The van der Waals surface area contributed by atoms with Crippen LogP contribution in [0.5, 0.6) is 0 Å². The molecule has 2 amide bonds. The summed E-state index contributed by atoms with van der Waals surface area (Å²) in [7, 11) is 1.55. The van der Waals surface area contributed by atoms with E-state index in [4.69, 9.17) is 0 Å². The second-order valence-corrected chi connectivity index (χ2v) is 7.12. The van der Waals surface area contributed by atoms with E-state index in [1.54, 1.807) is 18.4 Å². The zero-order chi connectivity index (χ0) is 17.3. The Morgan fingerprint density at radius 1 is 1.46 bits per heavy atom. The Labute approximate surface area is 143 Å². The van der Waals surface area contributed by atoms with Gasteiger partial charge in [0, 0.05) is 13.6 Å². The first kappa shape index (κ1) is 16.4.